The number of rotatable bonds is 4. The summed E-state index contributed by atoms with van der Waals surface area (Å²) in [6, 6.07) is 7.90. The first-order valence-corrected chi connectivity index (χ1v) is 6.88. The lowest BCUT2D eigenvalue weighted by Gasteiger charge is -2.23. The Hall–Kier alpha value is -1.55. The van der Waals surface area contributed by atoms with E-state index >= 15 is 0 Å². The van der Waals surface area contributed by atoms with Crippen LogP contribution >= 0.6 is 0 Å². The van der Waals surface area contributed by atoms with Crippen LogP contribution in [0.2, 0.25) is 0 Å². The van der Waals surface area contributed by atoms with Gasteiger partial charge in [0.25, 0.3) is 5.91 Å². The van der Waals surface area contributed by atoms with E-state index in [2.05, 4.69) is 0 Å². The van der Waals surface area contributed by atoms with Gasteiger partial charge in [0.2, 0.25) is 0 Å². The van der Waals surface area contributed by atoms with Crippen molar-refractivity contribution >= 4 is 5.91 Å². The Kier molecular flexibility index (Phi) is 4.43. The summed E-state index contributed by atoms with van der Waals surface area (Å²) in [5.41, 5.74) is 6.97. The Morgan fingerprint density at radius 2 is 2.37 bits per heavy atom. The first kappa shape index (κ1) is 13.9. The Balaban J connectivity index is 2.01. The van der Waals surface area contributed by atoms with Crippen LogP contribution in [0.4, 0.5) is 0 Å². The van der Waals surface area contributed by atoms with Gasteiger partial charge in [-0.1, -0.05) is 19.1 Å². The average molecular weight is 262 g/mol. The maximum Gasteiger partial charge on any atom is 0.263 e. The highest BCUT2D eigenvalue weighted by Gasteiger charge is 2.29. The molecule has 1 fully saturated rings. The summed E-state index contributed by atoms with van der Waals surface area (Å²) in [6.07, 6.45) is 1.14. The molecule has 2 N–H and O–H groups in total. The first-order chi connectivity index (χ1) is 9.10. The molecule has 2 atom stereocenters. The van der Waals surface area contributed by atoms with Crippen LogP contribution in [0, 0.1) is 6.92 Å². The summed E-state index contributed by atoms with van der Waals surface area (Å²) in [6.45, 7) is 5.36. The SMILES string of the molecule is CC[C@@H](Oc1cccc(C)c1)C(=O)N1CC[C@H](N)C1. The van der Waals surface area contributed by atoms with Crippen LogP contribution < -0.4 is 10.5 Å². The molecule has 1 heterocycles. The molecule has 0 aromatic heterocycles. The summed E-state index contributed by atoms with van der Waals surface area (Å²) in [5, 5.41) is 0. The van der Waals surface area contributed by atoms with E-state index in [4.69, 9.17) is 10.5 Å². The number of amides is 1. The van der Waals surface area contributed by atoms with Gasteiger partial charge in [0.05, 0.1) is 0 Å². The van der Waals surface area contributed by atoms with Gasteiger partial charge in [0, 0.05) is 19.1 Å². The molecule has 4 nitrogen and oxygen atoms in total. The minimum Gasteiger partial charge on any atom is -0.481 e. The molecule has 4 heteroatoms. The second-order valence-electron chi connectivity index (χ2n) is 5.16. The molecule has 19 heavy (non-hydrogen) atoms. The first-order valence-electron chi connectivity index (χ1n) is 6.88. The summed E-state index contributed by atoms with van der Waals surface area (Å²) in [4.78, 5) is 14.2. The Morgan fingerprint density at radius 3 is 2.95 bits per heavy atom. The smallest absolute Gasteiger partial charge is 0.263 e. The van der Waals surface area contributed by atoms with Crippen LogP contribution in [0.25, 0.3) is 0 Å². The van der Waals surface area contributed by atoms with Crippen LogP contribution in [-0.2, 0) is 4.79 Å². The molecular weight excluding hydrogens is 240 g/mol. The molecule has 104 valence electrons. The fourth-order valence-electron chi connectivity index (χ4n) is 2.35. The number of carbonyl (C=O) groups is 1. The van der Waals surface area contributed by atoms with Crippen molar-refractivity contribution < 1.29 is 9.53 Å². The molecule has 1 aliphatic heterocycles. The predicted molar refractivity (Wildman–Crippen MR) is 75.1 cm³/mol. The lowest BCUT2D eigenvalue weighted by atomic mass is 10.2. The van der Waals surface area contributed by atoms with Crippen molar-refractivity contribution in [2.24, 2.45) is 5.73 Å². The topological polar surface area (TPSA) is 55.6 Å². The Labute approximate surface area is 114 Å². The van der Waals surface area contributed by atoms with Crippen molar-refractivity contribution in [3.8, 4) is 5.75 Å². The molecule has 1 amide bonds. The number of hydrogen-bond acceptors (Lipinski definition) is 3. The highest BCUT2D eigenvalue weighted by molar-refractivity contribution is 5.81. The molecule has 0 saturated carbocycles. The Morgan fingerprint density at radius 1 is 1.58 bits per heavy atom. The average Bonchev–Trinajstić information content (AvgIpc) is 2.82. The number of ether oxygens (including phenoxy) is 1. The molecule has 1 aromatic carbocycles. The zero-order chi connectivity index (χ0) is 13.8. The normalized spacial score (nSPS) is 20.4. The molecule has 1 saturated heterocycles. The van der Waals surface area contributed by atoms with Gasteiger partial charge in [-0.25, -0.2) is 0 Å². The third-order valence-corrected chi connectivity index (χ3v) is 3.45. The van der Waals surface area contributed by atoms with Crippen molar-refractivity contribution in [1.29, 1.82) is 0 Å². The van der Waals surface area contributed by atoms with Gasteiger partial charge in [-0.3, -0.25) is 4.79 Å². The number of carbonyl (C=O) groups excluding carboxylic acids is 1. The van der Waals surface area contributed by atoms with Gasteiger partial charge in [0.15, 0.2) is 6.10 Å². The molecule has 0 unspecified atom stereocenters. The van der Waals surface area contributed by atoms with E-state index in [1.807, 2.05) is 43.0 Å². The number of hydrogen-bond donors (Lipinski definition) is 1. The van der Waals surface area contributed by atoms with E-state index in [1.54, 1.807) is 0 Å². The van der Waals surface area contributed by atoms with Crippen LogP contribution in [-0.4, -0.2) is 36.0 Å². The number of nitrogens with zero attached hydrogens (tertiary/aromatic N) is 1. The van der Waals surface area contributed by atoms with Crippen molar-refractivity contribution in [3.05, 3.63) is 29.8 Å². The van der Waals surface area contributed by atoms with Crippen LogP contribution in [0.5, 0.6) is 5.75 Å². The number of aryl methyl sites for hydroxylation is 1. The minimum absolute atomic E-state index is 0.0527. The van der Waals surface area contributed by atoms with E-state index in [9.17, 15) is 4.79 Å². The van der Waals surface area contributed by atoms with Crippen LogP contribution in [0.15, 0.2) is 24.3 Å². The van der Waals surface area contributed by atoms with Gasteiger partial charge in [0.1, 0.15) is 5.75 Å². The molecule has 0 spiro atoms. The number of likely N-dealkylation sites (tertiary alicyclic amines) is 1. The largest absolute Gasteiger partial charge is 0.481 e. The fourth-order valence-corrected chi connectivity index (χ4v) is 2.35. The molecule has 1 aliphatic rings. The monoisotopic (exact) mass is 262 g/mol. The van der Waals surface area contributed by atoms with Gasteiger partial charge in [-0.15, -0.1) is 0 Å². The van der Waals surface area contributed by atoms with Gasteiger partial charge in [-0.05, 0) is 37.5 Å². The summed E-state index contributed by atoms with van der Waals surface area (Å²) < 4.78 is 5.82. The minimum atomic E-state index is -0.410. The van der Waals surface area contributed by atoms with Gasteiger partial charge < -0.3 is 15.4 Å². The molecule has 0 radical (unpaired) electrons. The van der Waals surface area contributed by atoms with Gasteiger partial charge >= 0.3 is 0 Å². The predicted octanol–water partition coefficient (Wildman–Crippen LogP) is 1.71. The molecule has 0 aliphatic carbocycles. The van der Waals surface area contributed by atoms with E-state index < -0.39 is 6.10 Å². The number of nitrogens with two attached hydrogens (primary N) is 1. The molecular formula is C15H22N2O2. The van der Waals surface area contributed by atoms with E-state index in [0.29, 0.717) is 13.0 Å². The zero-order valence-corrected chi connectivity index (χ0v) is 11.6. The third-order valence-electron chi connectivity index (χ3n) is 3.45. The lowest BCUT2D eigenvalue weighted by Crippen LogP contribution is -2.41. The van der Waals surface area contributed by atoms with Gasteiger partial charge in [-0.2, -0.15) is 0 Å². The van der Waals surface area contributed by atoms with Crippen LogP contribution in [0.1, 0.15) is 25.3 Å². The summed E-state index contributed by atoms with van der Waals surface area (Å²) in [5.74, 6) is 0.806. The lowest BCUT2D eigenvalue weighted by molar-refractivity contribution is -0.137. The van der Waals surface area contributed by atoms with E-state index in [-0.39, 0.29) is 11.9 Å². The van der Waals surface area contributed by atoms with Crippen molar-refractivity contribution in [2.45, 2.75) is 38.8 Å². The summed E-state index contributed by atoms with van der Waals surface area (Å²) in [7, 11) is 0. The third kappa shape index (κ3) is 3.47. The molecule has 1 aromatic rings. The van der Waals surface area contributed by atoms with Crippen LogP contribution in [0.3, 0.4) is 0 Å². The van der Waals surface area contributed by atoms with E-state index in [0.717, 1.165) is 24.3 Å². The van der Waals surface area contributed by atoms with E-state index in [1.165, 1.54) is 0 Å². The quantitative estimate of drug-likeness (QED) is 0.898. The summed E-state index contributed by atoms with van der Waals surface area (Å²) >= 11 is 0. The molecule has 0 bridgehead atoms. The van der Waals surface area contributed by atoms with Crippen molar-refractivity contribution in [3.63, 3.8) is 0 Å². The maximum atomic E-state index is 12.4. The second-order valence-corrected chi connectivity index (χ2v) is 5.16. The zero-order valence-electron chi connectivity index (χ0n) is 11.6. The highest BCUT2D eigenvalue weighted by Crippen LogP contribution is 2.18. The van der Waals surface area contributed by atoms with Crippen molar-refractivity contribution in [1.82, 2.24) is 4.90 Å². The highest BCUT2D eigenvalue weighted by atomic mass is 16.5. The molecule has 2 rings (SSSR count). The standard InChI is InChI=1S/C15H22N2O2/c1-3-14(15(18)17-8-7-12(16)10-17)19-13-6-4-5-11(2)9-13/h4-6,9,12,14H,3,7-8,10,16H2,1-2H3/t12-,14+/m0/s1. The maximum absolute atomic E-state index is 12.4. The number of benzene rings is 1. The Bertz CT molecular complexity index is 448. The van der Waals surface area contributed by atoms with Crippen molar-refractivity contribution in [2.75, 3.05) is 13.1 Å². The second kappa shape index (κ2) is 6.06. The fraction of sp³-hybridized carbons (Fsp3) is 0.533.